The number of likely N-dealkylation sites (N-methyl/N-ethyl adjacent to an activating group) is 1. The molecule has 0 radical (unpaired) electrons. The van der Waals surface area contributed by atoms with Gasteiger partial charge >= 0.3 is 0 Å². The van der Waals surface area contributed by atoms with Crippen molar-refractivity contribution in [2.45, 2.75) is 18.4 Å². The Labute approximate surface area is 130 Å². The van der Waals surface area contributed by atoms with Crippen LogP contribution in [0.1, 0.15) is 12.8 Å². The molecule has 1 aliphatic rings. The third kappa shape index (κ3) is 2.98. The van der Waals surface area contributed by atoms with Crippen LogP contribution in [0.4, 0.5) is 5.69 Å². The maximum absolute atomic E-state index is 10.7. The first-order valence-electron chi connectivity index (χ1n) is 7.55. The average Bonchev–Trinajstić information content (AvgIpc) is 2.54. The van der Waals surface area contributed by atoms with Crippen LogP contribution in [-0.2, 0) is 0 Å². The standard InChI is InChI=1S/C16H22N4O2/c1-20(11-16(21)6-9-17-10-7-16)13-5-8-18-12-3-4-14(22-2)19-15(12)13/h3-5,8,17,21H,6-7,9-11H2,1-2H3. The molecule has 0 saturated carbocycles. The van der Waals surface area contributed by atoms with Crippen LogP contribution >= 0.6 is 0 Å². The van der Waals surface area contributed by atoms with E-state index in [2.05, 4.69) is 20.2 Å². The van der Waals surface area contributed by atoms with Gasteiger partial charge in [0.1, 0.15) is 5.52 Å². The van der Waals surface area contributed by atoms with Gasteiger partial charge in [-0.15, -0.1) is 0 Å². The Kier molecular flexibility index (Phi) is 4.13. The number of ether oxygens (including phenoxy) is 1. The van der Waals surface area contributed by atoms with Gasteiger partial charge < -0.3 is 20.1 Å². The highest BCUT2D eigenvalue weighted by atomic mass is 16.5. The molecule has 6 nitrogen and oxygen atoms in total. The molecule has 22 heavy (non-hydrogen) atoms. The zero-order chi connectivity index (χ0) is 15.6. The van der Waals surface area contributed by atoms with E-state index in [-0.39, 0.29) is 0 Å². The smallest absolute Gasteiger partial charge is 0.213 e. The first-order valence-corrected chi connectivity index (χ1v) is 7.55. The SMILES string of the molecule is COc1ccc2nccc(N(C)CC3(O)CCNCC3)c2n1. The minimum Gasteiger partial charge on any atom is -0.481 e. The van der Waals surface area contributed by atoms with Gasteiger partial charge in [-0.3, -0.25) is 4.98 Å². The highest BCUT2D eigenvalue weighted by Crippen LogP contribution is 2.27. The van der Waals surface area contributed by atoms with Gasteiger partial charge in [0.2, 0.25) is 5.88 Å². The van der Waals surface area contributed by atoms with Gasteiger partial charge in [0.15, 0.2) is 0 Å². The fraction of sp³-hybridized carbons (Fsp3) is 0.500. The maximum atomic E-state index is 10.7. The van der Waals surface area contributed by atoms with E-state index in [1.165, 1.54) is 0 Å². The number of hydrogen-bond acceptors (Lipinski definition) is 6. The molecule has 2 aromatic heterocycles. The topological polar surface area (TPSA) is 70.5 Å². The lowest BCUT2D eigenvalue weighted by Gasteiger charge is -2.36. The number of anilines is 1. The second-order valence-corrected chi connectivity index (χ2v) is 5.88. The number of pyridine rings is 2. The fourth-order valence-corrected chi connectivity index (χ4v) is 2.99. The molecule has 118 valence electrons. The van der Waals surface area contributed by atoms with E-state index in [4.69, 9.17) is 4.74 Å². The van der Waals surface area contributed by atoms with Crippen molar-refractivity contribution in [3.05, 3.63) is 24.4 Å². The number of rotatable bonds is 4. The van der Waals surface area contributed by atoms with Gasteiger partial charge in [-0.1, -0.05) is 0 Å². The van der Waals surface area contributed by atoms with E-state index in [1.54, 1.807) is 19.4 Å². The Morgan fingerprint density at radius 2 is 2.09 bits per heavy atom. The first-order chi connectivity index (χ1) is 10.6. The van der Waals surface area contributed by atoms with Crippen LogP contribution in [0.3, 0.4) is 0 Å². The van der Waals surface area contributed by atoms with Crippen LogP contribution in [0.25, 0.3) is 11.0 Å². The molecule has 3 rings (SSSR count). The van der Waals surface area contributed by atoms with Crippen LogP contribution in [0.15, 0.2) is 24.4 Å². The van der Waals surface area contributed by atoms with Crippen LogP contribution in [0, 0.1) is 0 Å². The minimum atomic E-state index is -0.658. The maximum Gasteiger partial charge on any atom is 0.213 e. The Morgan fingerprint density at radius 3 is 2.82 bits per heavy atom. The number of aliphatic hydroxyl groups is 1. The number of methoxy groups -OCH3 is 1. The predicted molar refractivity (Wildman–Crippen MR) is 86.4 cm³/mol. The summed E-state index contributed by atoms with van der Waals surface area (Å²) in [7, 11) is 3.58. The zero-order valence-electron chi connectivity index (χ0n) is 13.0. The third-order valence-electron chi connectivity index (χ3n) is 4.22. The highest BCUT2D eigenvalue weighted by Gasteiger charge is 2.31. The molecule has 0 aliphatic carbocycles. The number of hydrogen-bond donors (Lipinski definition) is 2. The normalized spacial score (nSPS) is 17.4. The Bertz CT molecular complexity index is 656. The molecule has 3 heterocycles. The lowest BCUT2D eigenvalue weighted by atomic mass is 9.92. The molecule has 0 amide bonds. The molecule has 1 aliphatic heterocycles. The van der Waals surface area contributed by atoms with Crippen molar-refractivity contribution in [1.82, 2.24) is 15.3 Å². The second-order valence-electron chi connectivity index (χ2n) is 5.88. The number of nitrogens with zero attached hydrogens (tertiary/aromatic N) is 3. The molecule has 0 spiro atoms. The van der Waals surface area contributed by atoms with Crippen LogP contribution in [-0.4, -0.2) is 54.5 Å². The summed E-state index contributed by atoms with van der Waals surface area (Å²) >= 11 is 0. The summed E-state index contributed by atoms with van der Waals surface area (Å²) in [5.41, 5.74) is 1.91. The van der Waals surface area contributed by atoms with E-state index >= 15 is 0 Å². The lowest BCUT2D eigenvalue weighted by molar-refractivity contribution is 0.0184. The van der Waals surface area contributed by atoms with Crippen molar-refractivity contribution >= 4 is 16.7 Å². The average molecular weight is 302 g/mol. The summed E-state index contributed by atoms with van der Waals surface area (Å²) in [6, 6.07) is 5.64. The first kappa shape index (κ1) is 15.0. The number of aromatic nitrogens is 2. The van der Waals surface area contributed by atoms with E-state index in [0.717, 1.165) is 42.7 Å². The monoisotopic (exact) mass is 302 g/mol. The molecule has 0 atom stereocenters. The molecule has 1 saturated heterocycles. The van der Waals surface area contributed by atoms with Crippen LogP contribution < -0.4 is 15.0 Å². The Balaban J connectivity index is 1.91. The molecular formula is C16H22N4O2. The molecule has 2 aromatic rings. The molecular weight excluding hydrogens is 280 g/mol. The van der Waals surface area contributed by atoms with E-state index in [0.29, 0.717) is 12.4 Å². The van der Waals surface area contributed by atoms with Gasteiger partial charge in [-0.25, -0.2) is 4.98 Å². The zero-order valence-corrected chi connectivity index (χ0v) is 13.0. The number of piperidine rings is 1. The summed E-state index contributed by atoms with van der Waals surface area (Å²) in [6.45, 7) is 2.29. The molecule has 0 unspecified atom stereocenters. The molecule has 2 N–H and O–H groups in total. The van der Waals surface area contributed by atoms with Crippen molar-refractivity contribution < 1.29 is 9.84 Å². The minimum absolute atomic E-state index is 0.565. The Morgan fingerprint density at radius 1 is 1.32 bits per heavy atom. The molecule has 0 aromatic carbocycles. The van der Waals surface area contributed by atoms with Crippen molar-refractivity contribution in [3.8, 4) is 5.88 Å². The summed E-state index contributed by atoms with van der Waals surface area (Å²) in [5, 5.41) is 14.0. The predicted octanol–water partition coefficient (Wildman–Crippen LogP) is 1.19. The summed E-state index contributed by atoms with van der Waals surface area (Å²) in [6.07, 6.45) is 3.29. The number of nitrogens with one attached hydrogen (secondary N) is 1. The summed E-state index contributed by atoms with van der Waals surface area (Å²) in [5.74, 6) is 0.565. The fourth-order valence-electron chi connectivity index (χ4n) is 2.99. The van der Waals surface area contributed by atoms with Crippen molar-refractivity contribution in [2.75, 3.05) is 38.7 Å². The van der Waals surface area contributed by atoms with Crippen molar-refractivity contribution in [3.63, 3.8) is 0 Å². The van der Waals surface area contributed by atoms with E-state index in [1.807, 2.05) is 19.2 Å². The van der Waals surface area contributed by atoms with Gasteiger partial charge in [0.25, 0.3) is 0 Å². The van der Waals surface area contributed by atoms with E-state index in [9.17, 15) is 5.11 Å². The van der Waals surface area contributed by atoms with Gasteiger partial charge in [0.05, 0.1) is 23.9 Å². The molecule has 0 bridgehead atoms. The van der Waals surface area contributed by atoms with Gasteiger partial charge in [-0.2, -0.15) is 0 Å². The summed E-state index contributed by atoms with van der Waals surface area (Å²) < 4.78 is 5.21. The van der Waals surface area contributed by atoms with Crippen molar-refractivity contribution in [2.24, 2.45) is 0 Å². The quantitative estimate of drug-likeness (QED) is 0.884. The number of fused-ring (bicyclic) bond motifs is 1. The van der Waals surface area contributed by atoms with E-state index < -0.39 is 5.60 Å². The highest BCUT2D eigenvalue weighted by molar-refractivity contribution is 5.88. The second kappa shape index (κ2) is 6.06. The van der Waals surface area contributed by atoms with Crippen molar-refractivity contribution in [1.29, 1.82) is 0 Å². The van der Waals surface area contributed by atoms with Gasteiger partial charge in [-0.05, 0) is 38.1 Å². The summed E-state index contributed by atoms with van der Waals surface area (Å²) in [4.78, 5) is 10.9. The Hall–Kier alpha value is -1.92. The van der Waals surface area contributed by atoms with Crippen LogP contribution in [0.2, 0.25) is 0 Å². The molecule has 6 heteroatoms. The lowest BCUT2D eigenvalue weighted by Crippen LogP contribution is -2.49. The largest absolute Gasteiger partial charge is 0.481 e. The third-order valence-corrected chi connectivity index (χ3v) is 4.22. The van der Waals surface area contributed by atoms with Gasteiger partial charge in [0, 0.05) is 25.9 Å². The van der Waals surface area contributed by atoms with Crippen LogP contribution in [0.5, 0.6) is 5.88 Å². The molecule has 1 fully saturated rings.